The van der Waals surface area contributed by atoms with Gasteiger partial charge in [-0.25, -0.2) is 8.42 Å². The van der Waals surface area contributed by atoms with Crippen LogP contribution in [-0.2, 0) is 19.4 Å². The lowest BCUT2D eigenvalue weighted by atomic mass is 9.98. The van der Waals surface area contributed by atoms with Gasteiger partial charge in [0.25, 0.3) is 0 Å². The van der Waals surface area contributed by atoms with E-state index in [9.17, 15) is 18.0 Å². The van der Waals surface area contributed by atoms with Crippen molar-refractivity contribution in [3.05, 3.63) is 53.6 Å². The van der Waals surface area contributed by atoms with Gasteiger partial charge in [0.1, 0.15) is 0 Å². The number of sulfone groups is 1. The Labute approximate surface area is 158 Å². The normalized spacial score (nSPS) is 17.9. The lowest BCUT2D eigenvalue weighted by Gasteiger charge is -2.24. The van der Waals surface area contributed by atoms with Crippen molar-refractivity contribution in [1.82, 2.24) is 0 Å². The number of carbonyl (C=O) groups is 2. The van der Waals surface area contributed by atoms with Crippen molar-refractivity contribution in [3.8, 4) is 0 Å². The maximum absolute atomic E-state index is 12.8. The summed E-state index contributed by atoms with van der Waals surface area (Å²) in [7, 11) is -3.93. The molecule has 3 rings (SSSR count). The van der Waals surface area contributed by atoms with Gasteiger partial charge in [-0.1, -0.05) is 44.2 Å². The molecule has 1 heterocycles. The van der Waals surface area contributed by atoms with Gasteiger partial charge >= 0.3 is 0 Å². The molecule has 1 aliphatic heterocycles. The molecule has 0 saturated heterocycles. The predicted molar refractivity (Wildman–Crippen MR) is 105 cm³/mol. The number of para-hydroxylation sites is 2. The Hall–Kier alpha value is -2.67. The van der Waals surface area contributed by atoms with Gasteiger partial charge in [-0.2, -0.15) is 0 Å². The third-order valence-electron chi connectivity index (χ3n) is 4.68. The summed E-state index contributed by atoms with van der Waals surface area (Å²) >= 11 is 0. The topological polar surface area (TPSA) is 92.3 Å². The molecule has 6 nitrogen and oxygen atoms in total. The molecule has 142 valence electrons. The molecule has 1 atom stereocenters. The lowest BCUT2D eigenvalue weighted by molar-refractivity contribution is -0.121. The Balaban J connectivity index is 1.86. The summed E-state index contributed by atoms with van der Waals surface area (Å²) in [5.74, 6) is -0.999. The Bertz CT molecular complexity index is 1010. The van der Waals surface area contributed by atoms with Crippen molar-refractivity contribution >= 4 is 33.0 Å². The van der Waals surface area contributed by atoms with Crippen molar-refractivity contribution in [2.24, 2.45) is 0 Å². The minimum absolute atomic E-state index is 0.0427. The summed E-state index contributed by atoms with van der Waals surface area (Å²) in [4.78, 5) is 25.0. The van der Waals surface area contributed by atoms with Gasteiger partial charge in [0, 0.05) is 5.69 Å². The van der Waals surface area contributed by atoms with E-state index in [2.05, 4.69) is 10.6 Å². The fourth-order valence-electron chi connectivity index (χ4n) is 3.23. The molecule has 27 heavy (non-hydrogen) atoms. The standard InChI is InChI=1S/C20H22N2O4S/c1-12(2)14-8-6-7-13(3)19(14)22-18(23)11-17-20(24)21-15-9-4-5-10-16(15)27(17,25)26/h4-10,12,17H,11H2,1-3H3,(H,21,24)(H,22,23)/t17-/m1/s1. The largest absolute Gasteiger partial charge is 0.326 e. The van der Waals surface area contributed by atoms with Gasteiger partial charge in [-0.3, -0.25) is 9.59 Å². The monoisotopic (exact) mass is 386 g/mol. The number of nitrogens with one attached hydrogen (secondary N) is 2. The molecule has 0 saturated carbocycles. The molecule has 1 aliphatic rings. The highest BCUT2D eigenvalue weighted by atomic mass is 32.2. The van der Waals surface area contributed by atoms with E-state index in [1.165, 1.54) is 12.1 Å². The molecule has 0 unspecified atom stereocenters. The number of anilines is 2. The summed E-state index contributed by atoms with van der Waals surface area (Å²) in [5, 5.41) is 3.94. The average Bonchev–Trinajstić information content (AvgIpc) is 2.60. The second-order valence-electron chi connectivity index (χ2n) is 6.97. The number of carbonyl (C=O) groups excluding carboxylic acids is 2. The number of aryl methyl sites for hydroxylation is 1. The van der Waals surface area contributed by atoms with Crippen LogP contribution in [0.3, 0.4) is 0 Å². The highest BCUT2D eigenvalue weighted by molar-refractivity contribution is 7.93. The minimum Gasteiger partial charge on any atom is -0.326 e. The van der Waals surface area contributed by atoms with Crippen molar-refractivity contribution in [1.29, 1.82) is 0 Å². The summed E-state index contributed by atoms with van der Waals surface area (Å²) in [5.41, 5.74) is 2.77. The Morgan fingerprint density at radius 3 is 2.56 bits per heavy atom. The first kappa shape index (κ1) is 19.1. The number of amides is 2. The Kier molecular flexibility index (Phi) is 5.06. The highest BCUT2D eigenvalue weighted by Gasteiger charge is 2.41. The molecule has 0 aliphatic carbocycles. The van der Waals surface area contributed by atoms with Crippen LogP contribution in [0.15, 0.2) is 47.4 Å². The number of fused-ring (bicyclic) bond motifs is 1. The molecule has 0 bridgehead atoms. The zero-order valence-corrected chi connectivity index (χ0v) is 16.3. The van der Waals surface area contributed by atoms with Crippen molar-refractivity contribution in [3.63, 3.8) is 0 Å². The van der Waals surface area contributed by atoms with E-state index in [0.717, 1.165) is 11.1 Å². The lowest BCUT2D eigenvalue weighted by Crippen LogP contribution is -2.42. The zero-order valence-electron chi connectivity index (χ0n) is 15.4. The van der Waals surface area contributed by atoms with Gasteiger partial charge in [0.2, 0.25) is 11.8 Å². The first-order chi connectivity index (χ1) is 12.7. The van der Waals surface area contributed by atoms with Crippen LogP contribution in [-0.4, -0.2) is 25.5 Å². The average molecular weight is 386 g/mol. The second kappa shape index (κ2) is 7.15. The van der Waals surface area contributed by atoms with Gasteiger partial charge in [0.15, 0.2) is 15.1 Å². The van der Waals surface area contributed by atoms with Crippen molar-refractivity contribution in [2.45, 2.75) is 43.3 Å². The van der Waals surface area contributed by atoms with Crippen molar-refractivity contribution < 1.29 is 18.0 Å². The highest BCUT2D eigenvalue weighted by Crippen LogP contribution is 2.32. The number of rotatable bonds is 4. The minimum atomic E-state index is -3.93. The van der Waals surface area contributed by atoms with Crippen LogP contribution in [0.1, 0.15) is 37.3 Å². The number of benzene rings is 2. The molecule has 7 heteroatoms. The summed E-state index contributed by atoms with van der Waals surface area (Å²) in [6, 6.07) is 11.9. The van der Waals surface area contributed by atoms with Gasteiger partial charge in [0.05, 0.1) is 17.0 Å². The van der Waals surface area contributed by atoms with Crippen LogP contribution in [0.25, 0.3) is 0 Å². The van der Waals surface area contributed by atoms with E-state index in [1.54, 1.807) is 12.1 Å². The zero-order chi connectivity index (χ0) is 19.8. The van der Waals surface area contributed by atoms with E-state index in [0.29, 0.717) is 5.69 Å². The SMILES string of the molecule is Cc1cccc(C(C)C)c1NC(=O)C[C@@H]1C(=O)Nc2ccccc2S1(=O)=O. The fourth-order valence-corrected chi connectivity index (χ4v) is 4.94. The molecule has 2 amide bonds. The molecule has 2 aromatic rings. The van der Waals surface area contributed by atoms with Crippen LogP contribution in [0, 0.1) is 6.92 Å². The van der Waals surface area contributed by atoms with Crippen LogP contribution in [0.5, 0.6) is 0 Å². The second-order valence-corrected chi connectivity index (χ2v) is 9.06. The van der Waals surface area contributed by atoms with Crippen LogP contribution >= 0.6 is 0 Å². The molecule has 0 aromatic heterocycles. The van der Waals surface area contributed by atoms with E-state index in [-0.39, 0.29) is 16.5 Å². The van der Waals surface area contributed by atoms with E-state index in [4.69, 9.17) is 0 Å². The third kappa shape index (κ3) is 3.60. The third-order valence-corrected chi connectivity index (χ3v) is 6.78. The van der Waals surface area contributed by atoms with Gasteiger partial charge < -0.3 is 10.6 Å². The van der Waals surface area contributed by atoms with Crippen molar-refractivity contribution in [2.75, 3.05) is 10.6 Å². The molecular formula is C20H22N2O4S. The van der Waals surface area contributed by atoms with Crippen LogP contribution < -0.4 is 10.6 Å². The quantitative estimate of drug-likeness (QED) is 0.844. The van der Waals surface area contributed by atoms with Crippen LogP contribution in [0.4, 0.5) is 11.4 Å². The van der Waals surface area contributed by atoms with E-state index < -0.39 is 33.3 Å². The maximum Gasteiger partial charge on any atom is 0.243 e. The Morgan fingerprint density at radius 2 is 1.85 bits per heavy atom. The molecule has 2 N–H and O–H groups in total. The van der Waals surface area contributed by atoms with E-state index >= 15 is 0 Å². The summed E-state index contributed by atoms with van der Waals surface area (Å²) < 4.78 is 25.6. The summed E-state index contributed by atoms with van der Waals surface area (Å²) in [6.45, 7) is 5.91. The number of hydrogen-bond donors (Lipinski definition) is 2. The molecule has 0 fully saturated rings. The summed E-state index contributed by atoms with van der Waals surface area (Å²) in [6.07, 6.45) is -0.436. The molecule has 2 aromatic carbocycles. The first-order valence-electron chi connectivity index (χ1n) is 8.75. The molecular weight excluding hydrogens is 364 g/mol. The first-order valence-corrected chi connectivity index (χ1v) is 10.3. The molecule has 0 spiro atoms. The number of hydrogen-bond acceptors (Lipinski definition) is 4. The maximum atomic E-state index is 12.8. The smallest absolute Gasteiger partial charge is 0.243 e. The Morgan fingerprint density at radius 1 is 1.15 bits per heavy atom. The molecule has 0 radical (unpaired) electrons. The fraction of sp³-hybridized carbons (Fsp3) is 0.300. The van der Waals surface area contributed by atoms with Gasteiger partial charge in [-0.05, 0) is 36.1 Å². The van der Waals surface area contributed by atoms with Gasteiger partial charge in [-0.15, -0.1) is 0 Å². The van der Waals surface area contributed by atoms with Crippen LogP contribution in [0.2, 0.25) is 0 Å². The van der Waals surface area contributed by atoms with E-state index in [1.807, 2.05) is 39.0 Å². The predicted octanol–water partition coefficient (Wildman–Crippen LogP) is 3.24.